The topological polar surface area (TPSA) is 61.4 Å². The average molecular weight is 442 g/mol. The van der Waals surface area contributed by atoms with E-state index < -0.39 is 11.9 Å². The van der Waals surface area contributed by atoms with E-state index in [1.54, 1.807) is 18.2 Å². The number of benzene rings is 2. The van der Waals surface area contributed by atoms with Crippen LogP contribution in [-0.4, -0.2) is 28.9 Å². The van der Waals surface area contributed by atoms with Gasteiger partial charge in [-0.3, -0.25) is 4.79 Å². The van der Waals surface area contributed by atoms with Gasteiger partial charge in [-0.15, -0.1) is 0 Å². The molecule has 5 nitrogen and oxygen atoms in total. The number of amides is 3. The van der Waals surface area contributed by atoms with E-state index in [2.05, 4.69) is 10.6 Å². The zero-order valence-electron chi connectivity index (χ0n) is 17.2. The van der Waals surface area contributed by atoms with Crippen LogP contribution < -0.4 is 10.6 Å². The van der Waals surface area contributed by atoms with Gasteiger partial charge in [-0.05, 0) is 56.0 Å². The molecule has 2 N–H and O–H groups in total. The summed E-state index contributed by atoms with van der Waals surface area (Å²) in [5.41, 5.74) is 2.09. The minimum atomic E-state index is -0.621. The molecule has 3 aliphatic rings. The van der Waals surface area contributed by atoms with Crippen molar-refractivity contribution in [3.05, 3.63) is 63.9 Å². The van der Waals surface area contributed by atoms with E-state index in [9.17, 15) is 14.0 Å². The van der Waals surface area contributed by atoms with Crippen LogP contribution in [-0.2, 0) is 0 Å². The fraction of sp³-hybridized carbons (Fsp3) is 0.417. The highest BCUT2D eigenvalue weighted by molar-refractivity contribution is 6.31. The molecule has 1 saturated carbocycles. The van der Waals surface area contributed by atoms with Gasteiger partial charge in [0.15, 0.2) is 0 Å². The Hall–Kier alpha value is -2.60. The normalized spacial score (nSPS) is 21.8. The number of carbonyl (C=O) groups excluding carboxylic acids is 2. The van der Waals surface area contributed by atoms with Crippen LogP contribution in [0, 0.1) is 5.82 Å². The van der Waals surface area contributed by atoms with Gasteiger partial charge in [0, 0.05) is 39.5 Å². The predicted molar refractivity (Wildman–Crippen MR) is 118 cm³/mol. The molecule has 1 saturated heterocycles. The van der Waals surface area contributed by atoms with Gasteiger partial charge in [0.25, 0.3) is 5.91 Å². The molecule has 3 amide bonds. The van der Waals surface area contributed by atoms with Gasteiger partial charge in [0.1, 0.15) is 5.82 Å². The summed E-state index contributed by atoms with van der Waals surface area (Å²) in [6.45, 7) is 0.747. The van der Waals surface area contributed by atoms with Crippen molar-refractivity contribution < 1.29 is 14.0 Å². The number of anilines is 1. The summed E-state index contributed by atoms with van der Waals surface area (Å²) in [5.74, 6) is -0.693. The number of fused-ring (bicyclic) bond motifs is 1. The van der Waals surface area contributed by atoms with Crippen molar-refractivity contribution in [2.45, 2.75) is 56.5 Å². The molecule has 1 atom stereocenters. The lowest BCUT2D eigenvalue weighted by Crippen LogP contribution is -2.50. The molecule has 162 valence electrons. The molecule has 1 unspecified atom stereocenters. The van der Waals surface area contributed by atoms with E-state index >= 15 is 0 Å². The van der Waals surface area contributed by atoms with Crippen molar-refractivity contribution in [1.82, 2.24) is 10.2 Å². The first-order valence-corrected chi connectivity index (χ1v) is 11.3. The van der Waals surface area contributed by atoms with Crippen LogP contribution in [0.25, 0.3) is 0 Å². The molecule has 1 aliphatic carbocycles. The molecule has 5 rings (SSSR count). The van der Waals surface area contributed by atoms with Crippen molar-refractivity contribution >= 4 is 29.2 Å². The first-order valence-electron chi connectivity index (χ1n) is 11.0. The van der Waals surface area contributed by atoms with Gasteiger partial charge in [0.2, 0.25) is 0 Å². The minimum absolute atomic E-state index is 0.0420. The Labute approximate surface area is 186 Å². The summed E-state index contributed by atoms with van der Waals surface area (Å²) in [7, 11) is 0. The summed E-state index contributed by atoms with van der Waals surface area (Å²) in [4.78, 5) is 28.0. The Morgan fingerprint density at radius 1 is 1.13 bits per heavy atom. The Bertz CT molecular complexity index is 1050. The SMILES string of the molecule is O=C1NC(c2cc(F)ccc2Cl)c2c(NC(=O)N3CCCC34CCCCC4)cccc21. The molecule has 2 heterocycles. The number of urea groups is 1. The Morgan fingerprint density at radius 2 is 1.90 bits per heavy atom. The quantitative estimate of drug-likeness (QED) is 0.633. The third-order valence-electron chi connectivity index (χ3n) is 7.05. The lowest BCUT2D eigenvalue weighted by molar-refractivity contribution is 0.0960. The van der Waals surface area contributed by atoms with Crippen LogP contribution >= 0.6 is 11.6 Å². The second-order valence-corrected chi connectivity index (χ2v) is 9.22. The van der Waals surface area contributed by atoms with Crippen molar-refractivity contribution in [2.24, 2.45) is 0 Å². The number of nitrogens with one attached hydrogen (secondary N) is 2. The number of halogens is 2. The molecule has 0 aromatic heterocycles. The van der Waals surface area contributed by atoms with Crippen molar-refractivity contribution in [1.29, 1.82) is 0 Å². The Balaban J connectivity index is 1.48. The van der Waals surface area contributed by atoms with E-state index in [0.29, 0.717) is 27.4 Å². The lowest BCUT2D eigenvalue weighted by Gasteiger charge is -2.41. The highest BCUT2D eigenvalue weighted by Crippen LogP contribution is 2.43. The number of hydrogen-bond acceptors (Lipinski definition) is 2. The number of likely N-dealkylation sites (tertiary alicyclic amines) is 1. The van der Waals surface area contributed by atoms with Crippen molar-refractivity contribution in [2.75, 3.05) is 11.9 Å². The highest BCUT2D eigenvalue weighted by atomic mass is 35.5. The summed E-state index contributed by atoms with van der Waals surface area (Å²) >= 11 is 6.34. The molecular weight excluding hydrogens is 417 g/mol. The van der Waals surface area contributed by atoms with E-state index in [4.69, 9.17) is 11.6 Å². The number of nitrogens with zero attached hydrogens (tertiary/aromatic N) is 1. The molecule has 0 radical (unpaired) electrons. The first kappa shape index (κ1) is 20.3. The van der Waals surface area contributed by atoms with Crippen molar-refractivity contribution in [3.8, 4) is 0 Å². The molecule has 2 aromatic carbocycles. The second-order valence-electron chi connectivity index (χ2n) is 8.81. The molecule has 7 heteroatoms. The molecule has 31 heavy (non-hydrogen) atoms. The van der Waals surface area contributed by atoms with Crippen LogP contribution in [0.15, 0.2) is 36.4 Å². The van der Waals surface area contributed by atoms with Gasteiger partial charge < -0.3 is 15.5 Å². The maximum Gasteiger partial charge on any atom is 0.322 e. The maximum absolute atomic E-state index is 13.9. The standard InChI is InChI=1S/C24H25ClFN3O2/c25-18-9-8-15(26)14-17(18)21-20-16(22(30)28-21)6-4-7-19(20)27-23(31)29-13-5-12-24(29)10-2-1-3-11-24/h4,6-9,14,21H,1-3,5,10-13H2,(H,27,31)(H,28,30). The smallest absolute Gasteiger partial charge is 0.322 e. The summed E-state index contributed by atoms with van der Waals surface area (Å²) in [6, 6.07) is 8.61. The van der Waals surface area contributed by atoms with E-state index in [0.717, 1.165) is 45.1 Å². The van der Waals surface area contributed by atoms with E-state index in [-0.39, 0.29) is 17.5 Å². The molecule has 2 fully saturated rings. The largest absolute Gasteiger partial charge is 0.341 e. The third-order valence-corrected chi connectivity index (χ3v) is 7.40. The zero-order chi connectivity index (χ0) is 21.6. The van der Waals surface area contributed by atoms with Gasteiger partial charge in [-0.25, -0.2) is 9.18 Å². The number of rotatable bonds is 2. The van der Waals surface area contributed by atoms with Crippen LogP contribution in [0.1, 0.15) is 72.5 Å². The van der Waals surface area contributed by atoms with E-state index in [1.165, 1.54) is 24.6 Å². The maximum atomic E-state index is 13.9. The molecule has 1 spiro atoms. The predicted octanol–water partition coefficient (Wildman–Crippen LogP) is 5.64. The summed E-state index contributed by atoms with van der Waals surface area (Å²) in [6.07, 6.45) is 7.71. The van der Waals surface area contributed by atoms with Gasteiger partial charge in [-0.2, -0.15) is 0 Å². The number of carbonyl (C=O) groups is 2. The van der Waals surface area contributed by atoms with Crippen LogP contribution in [0.5, 0.6) is 0 Å². The summed E-state index contributed by atoms with van der Waals surface area (Å²) < 4.78 is 13.9. The first-order chi connectivity index (χ1) is 15.0. The fourth-order valence-corrected chi connectivity index (χ4v) is 5.83. The fourth-order valence-electron chi connectivity index (χ4n) is 5.60. The lowest BCUT2D eigenvalue weighted by atomic mass is 9.80. The average Bonchev–Trinajstić information content (AvgIpc) is 3.32. The molecule has 0 bridgehead atoms. The van der Waals surface area contributed by atoms with Crippen LogP contribution in [0.3, 0.4) is 0 Å². The van der Waals surface area contributed by atoms with Gasteiger partial charge >= 0.3 is 6.03 Å². The zero-order valence-corrected chi connectivity index (χ0v) is 18.0. The highest BCUT2D eigenvalue weighted by Gasteiger charge is 2.44. The monoisotopic (exact) mass is 441 g/mol. The molecule has 2 aliphatic heterocycles. The van der Waals surface area contributed by atoms with Crippen molar-refractivity contribution in [3.63, 3.8) is 0 Å². The summed E-state index contributed by atoms with van der Waals surface area (Å²) in [5, 5.41) is 6.32. The number of hydrogen-bond donors (Lipinski definition) is 2. The van der Waals surface area contributed by atoms with Gasteiger partial charge in [-0.1, -0.05) is 36.9 Å². The minimum Gasteiger partial charge on any atom is -0.341 e. The van der Waals surface area contributed by atoms with Gasteiger partial charge in [0.05, 0.1) is 6.04 Å². The third kappa shape index (κ3) is 3.47. The van der Waals surface area contributed by atoms with E-state index in [1.807, 2.05) is 4.90 Å². The van der Waals surface area contributed by atoms with Crippen LogP contribution in [0.4, 0.5) is 14.9 Å². The second kappa shape index (κ2) is 7.83. The Kier molecular flexibility index (Phi) is 5.13. The van der Waals surface area contributed by atoms with Crippen LogP contribution in [0.2, 0.25) is 5.02 Å². The Morgan fingerprint density at radius 3 is 2.71 bits per heavy atom. The molecular formula is C24H25ClFN3O2. The molecule has 2 aromatic rings.